The standard InChI is InChI=1S/C30H41N5O4S/c1-4-5-6-7-19-32-29(37)34-25-14-16-27(17-15-25)40(38,39)35-26-12-10-23(11-13-26)20-30(2,3)33-22-28(36)24-9-8-18-31-21-24/h8-18,21,28,33,35-36H,4-7,19-20,22H2,1-3H3,(H2,32,34,37). The number of hydrogen-bond acceptors (Lipinski definition) is 6. The van der Waals surface area contributed by atoms with Gasteiger partial charge in [0.25, 0.3) is 10.0 Å². The summed E-state index contributed by atoms with van der Waals surface area (Å²) in [5, 5.41) is 19.3. The molecule has 1 aromatic heterocycles. The molecule has 0 saturated heterocycles. The molecule has 3 aromatic rings. The number of carbonyl (C=O) groups excluding carboxylic acids is 1. The maximum absolute atomic E-state index is 12.9. The third kappa shape index (κ3) is 10.3. The van der Waals surface area contributed by atoms with Crippen LogP contribution in [0.4, 0.5) is 16.2 Å². The van der Waals surface area contributed by atoms with Gasteiger partial charge in [0, 0.05) is 48.0 Å². The van der Waals surface area contributed by atoms with Gasteiger partial charge in [0.2, 0.25) is 0 Å². The fraction of sp³-hybridized carbons (Fsp3) is 0.400. The highest BCUT2D eigenvalue weighted by atomic mass is 32.2. The summed E-state index contributed by atoms with van der Waals surface area (Å²) in [6.07, 6.45) is 7.63. The zero-order chi connectivity index (χ0) is 29.0. The minimum Gasteiger partial charge on any atom is -0.387 e. The van der Waals surface area contributed by atoms with Gasteiger partial charge in [-0.3, -0.25) is 9.71 Å². The largest absolute Gasteiger partial charge is 0.387 e. The van der Waals surface area contributed by atoms with Crippen molar-refractivity contribution in [3.8, 4) is 0 Å². The Labute approximate surface area is 237 Å². The molecular weight excluding hydrogens is 526 g/mol. The van der Waals surface area contributed by atoms with Crippen LogP contribution in [0.15, 0.2) is 78.0 Å². The van der Waals surface area contributed by atoms with Crippen molar-refractivity contribution in [3.63, 3.8) is 0 Å². The lowest BCUT2D eigenvalue weighted by Crippen LogP contribution is -2.43. The normalized spacial score (nSPS) is 12.5. The summed E-state index contributed by atoms with van der Waals surface area (Å²) < 4.78 is 28.4. The van der Waals surface area contributed by atoms with E-state index in [-0.39, 0.29) is 16.5 Å². The summed E-state index contributed by atoms with van der Waals surface area (Å²) in [4.78, 5) is 16.2. The van der Waals surface area contributed by atoms with Gasteiger partial charge in [-0.15, -0.1) is 0 Å². The molecule has 0 saturated carbocycles. The first kappa shape index (κ1) is 31.1. The Kier molecular flexibility index (Phi) is 11.5. The number of amides is 2. The Bertz CT molecular complexity index is 1300. The van der Waals surface area contributed by atoms with E-state index in [1.165, 1.54) is 12.1 Å². The zero-order valence-electron chi connectivity index (χ0n) is 23.5. The number of pyridine rings is 1. The van der Waals surface area contributed by atoms with Crippen LogP contribution in [-0.4, -0.2) is 43.2 Å². The van der Waals surface area contributed by atoms with Crippen molar-refractivity contribution in [2.24, 2.45) is 0 Å². The average molecular weight is 568 g/mol. The number of carbonyl (C=O) groups is 1. The number of rotatable bonds is 15. The molecule has 0 spiro atoms. The molecule has 2 amide bonds. The maximum atomic E-state index is 12.9. The number of hydrogen-bond donors (Lipinski definition) is 5. The molecule has 1 unspecified atom stereocenters. The molecule has 0 aliphatic carbocycles. The van der Waals surface area contributed by atoms with E-state index in [2.05, 4.69) is 46.4 Å². The number of benzene rings is 2. The molecule has 0 aliphatic heterocycles. The van der Waals surface area contributed by atoms with Gasteiger partial charge in [-0.1, -0.05) is 44.4 Å². The van der Waals surface area contributed by atoms with Gasteiger partial charge < -0.3 is 21.1 Å². The Balaban J connectivity index is 1.49. The molecule has 10 heteroatoms. The minimum absolute atomic E-state index is 0.0969. The van der Waals surface area contributed by atoms with Crippen LogP contribution in [0.3, 0.4) is 0 Å². The number of β-amino-alcohol motifs (C(OH)–C–C–N with tert-alkyl or cyclic N) is 1. The van der Waals surface area contributed by atoms with Crippen molar-refractivity contribution in [1.29, 1.82) is 0 Å². The maximum Gasteiger partial charge on any atom is 0.319 e. The summed E-state index contributed by atoms with van der Waals surface area (Å²) in [6.45, 7) is 7.22. The van der Waals surface area contributed by atoms with E-state index < -0.39 is 16.1 Å². The van der Waals surface area contributed by atoms with E-state index >= 15 is 0 Å². The summed E-state index contributed by atoms with van der Waals surface area (Å²) in [6, 6.07) is 16.6. The van der Waals surface area contributed by atoms with Gasteiger partial charge in [0.1, 0.15) is 0 Å². The number of aliphatic hydroxyl groups is 1. The summed E-state index contributed by atoms with van der Waals surface area (Å²) in [7, 11) is -3.80. The van der Waals surface area contributed by atoms with Crippen LogP contribution in [0.1, 0.15) is 63.7 Å². The number of unbranched alkanes of at least 4 members (excludes halogenated alkanes) is 3. The number of aliphatic hydroxyl groups excluding tert-OH is 1. The molecule has 1 heterocycles. The molecule has 9 nitrogen and oxygen atoms in total. The lowest BCUT2D eigenvalue weighted by atomic mass is 9.94. The van der Waals surface area contributed by atoms with Crippen LogP contribution < -0.4 is 20.7 Å². The Morgan fingerprint density at radius 3 is 2.33 bits per heavy atom. The second-order valence-electron chi connectivity index (χ2n) is 10.5. The van der Waals surface area contributed by atoms with E-state index in [9.17, 15) is 18.3 Å². The molecule has 0 bridgehead atoms. The quantitative estimate of drug-likeness (QED) is 0.160. The number of anilines is 2. The van der Waals surface area contributed by atoms with Gasteiger partial charge in [0.05, 0.1) is 11.0 Å². The molecule has 5 N–H and O–H groups in total. The van der Waals surface area contributed by atoms with Crippen molar-refractivity contribution in [2.75, 3.05) is 23.1 Å². The van der Waals surface area contributed by atoms with E-state index in [1.807, 2.05) is 18.2 Å². The van der Waals surface area contributed by atoms with Crippen LogP contribution in [0.2, 0.25) is 0 Å². The molecule has 216 valence electrons. The van der Waals surface area contributed by atoms with Crippen molar-refractivity contribution in [3.05, 3.63) is 84.2 Å². The first-order valence-corrected chi connectivity index (χ1v) is 15.2. The lowest BCUT2D eigenvalue weighted by Gasteiger charge is -2.28. The smallest absolute Gasteiger partial charge is 0.319 e. The van der Waals surface area contributed by atoms with Crippen LogP contribution in [-0.2, 0) is 16.4 Å². The topological polar surface area (TPSA) is 132 Å². The van der Waals surface area contributed by atoms with Crippen LogP contribution in [0.5, 0.6) is 0 Å². The first-order chi connectivity index (χ1) is 19.1. The molecule has 2 aromatic carbocycles. The van der Waals surface area contributed by atoms with Gasteiger partial charge in [-0.05, 0) is 74.7 Å². The molecule has 40 heavy (non-hydrogen) atoms. The first-order valence-electron chi connectivity index (χ1n) is 13.7. The van der Waals surface area contributed by atoms with E-state index in [1.54, 1.807) is 42.7 Å². The Hall–Kier alpha value is -3.47. The molecule has 3 rings (SSSR count). The van der Waals surface area contributed by atoms with Gasteiger partial charge >= 0.3 is 6.03 Å². The lowest BCUT2D eigenvalue weighted by molar-refractivity contribution is 0.160. The number of urea groups is 1. The summed E-state index contributed by atoms with van der Waals surface area (Å²) in [5.74, 6) is 0. The van der Waals surface area contributed by atoms with E-state index in [0.717, 1.165) is 36.8 Å². The van der Waals surface area contributed by atoms with Crippen LogP contribution in [0, 0.1) is 0 Å². The number of aromatic nitrogens is 1. The molecule has 0 radical (unpaired) electrons. The summed E-state index contributed by atoms with van der Waals surface area (Å²) in [5.41, 5.74) is 2.44. The van der Waals surface area contributed by atoms with Crippen LogP contribution in [0.25, 0.3) is 0 Å². The van der Waals surface area contributed by atoms with Crippen LogP contribution >= 0.6 is 0 Å². The highest BCUT2D eigenvalue weighted by molar-refractivity contribution is 7.92. The highest BCUT2D eigenvalue weighted by Crippen LogP contribution is 2.21. The molecular formula is C30H41N5O4S. The average Bonchev–Trinajstić information content (AvgIpc) is 2.93. The number of nitrogens with one attached hydrogen (secondary N) is 4. The predicted octanol–water partition coefficient (Wildman–Crippen LogP) is 5.23. The van der Waals surface area contributed by atoms with Gasteiger partial charge in [-0.25, -0.2) is 13.2 Å². The second-order valence-corrected chi connectivity index (χ2v) is 12.2. The second kappa shape index (κ2) is 14.8. The SMILES string of the molecule is CCCCCCNC(=O)Nc1ccc(S(=O)(=O)Nc2ccc(CC(C)(C)NCC(O)c3cccnc3)cc2)cc1. The molecule has 0 fully saturated rings. The van der Waals surface area contributed by atoms with Crippen molar-refractivity contribution in [2.45, 2.75) is 69.4 Å². The fourth-order valence-electron chi connectivity index (χ4n) is 4.19. The van der Waals surface area contributed by atoms with Crippen molar-refractivity contribution >= 4 is 27.4 Å². The third-order valence-electron chi connectivity index (χ3n) is 6.43. The minimum atomic E-state index is -3.80. The Morgan fingerprint density at radius 2 is 1.68 bits per heavy atom. The number of nitrogens with zero attached hydrogens (tertiary/aromatic N) is 1. The Morgan fingerprint density at radius 1 is 0.975 bits per heavy atom. The predicted molar refractivity (Wildman–Crippen MR) is 160 cm³/mol. The summed E-state index contributed by atoms with van der Waals surface area (Å²) >= 11 is 0. The van der Waals surface area contributed by atoms with Crippen molar-refractivity contribution < 1.29 is 18.3 Å². The van der Waals surface area contributed by atoms with E-state index in [4.69, 9.17) is 0 Å². The molecule has 0 aliphatic rings. The van der Waals surface area contributed by atoms with Crippen molar-refractivity contribution in [1.82, 2.24) is 15.6 Å². The third-order valence-corrected chi connectivity index (χ3v) is 7.83. The van der Waals surface area contributed by atoms with E-state index in [0.29, 0.717) is 30.9 Å². The number of sulfonamides is 1. The fourth-order valence-corrected chi connectivity index (χ4v) is 5.25. The zero-order valence-corrected chi connectivity index (χ0v) is 24.3. The van der Waals surface area contributed by atoms with Gasteiger partial charge in [-0.2, -0.15) is 0 Å². The highest BCUT2D eigenvalue weighted by Gasteiger charge is 2.20. The van der Waals surface area contributed by atoms with Gasteiger partial charge in [0.15, 0.2) is 0 Å². The monoisotopic (exact) mass is 567 g/mol. The molecule has 1 atom stereocenters.